The lowest BCUT2D eigenvalue weighted by Gasteiger charge is -2.19. The first-order chi connectivity index (χ1) is 14.2. The Balaban J connectivity index is 1.50. The van der Waals surface area contributed by atoms with Crippen LogP contribution >= 0.6 is 0 Å². The van der Waals surface area contributed by atoms with Gasteiger partial charge in [-0.25, -0.2) is 0 Å². The fourth-order valence-corrected chi connectivity index (χ4v) is 3.25. The zero-order chi connectivity index (χ0) is 20.5. The van der Waals surface area contributed by atoms with Crippen LogP contribution < -0.4 is 10.1 Å². The number of para-hydroxylation sites is 1. The van der Waals surface area contributed by atoms with Gasteiger partial charge in [0.2, 0.25) is 0 Å². The highest BCUT2D eigenvalue weighted by molar-refractivity contribution is 6.39. The van der Waals surface area contributed by atoms with Crippen LogP contribution in [-0.2, 0) is 16.2 Å². The summed E-state index contributed by atoms with van der Waals surface area (Å²) < 4.78 is 5.96. The minimum absolute atomic E-state index is 0.201. The first-order valence-corrected chi connectivity index (χ1v) is 10.2. The van der Waals surface area contributed by atoms with Crippen LogP contribution in [0.4, 0.5) is 0 Å². The average molecular weight is 396 g/mol. The predicted octanol–water partition coefficient (Wildman–Crippen LogP) is 3.54. The Hall–Kier alpha value is -2.86. The maximum atomic E-state index is 12.5. The van der Waals surface area contributed by atoms with Gasteiger partial charge in [-0.2, -0.15) is 0 Å². The van der Waals surface area contributed by atoms with Crippen LogP contribution in [0, 0.1) is 0 Å². The van der Waals surface area contributed by atoms with E-state index in [0.29, 0.717) is 25.3 Å². The third-order valence-corrected chi connectivity index (χ3v) is 5.07. The maximum absolute atomic E-state index is 12.5. The van der Waals surface area contributed by atoms with Gasteiger partial charge in [0.15, 0.2) is 6.10 Å². The fraction of sp³-hybridized carbons (Fsp3) is 0.391. The number of hydrogen-bond donors (Lipinski definition) is 1. The summed E-state index contributed by atoms with van der Waals surface area (Å²) >= 11 is 0. The summed E-state index contributed by atoms with van der Waals surface area (Å²) in [5.41, 5.74) is 2.38. The fourth-order valence-electron chi connectivity index (χ4n) is 3.25. The molecule has 1 amide bonds. The molecule has 0 saturated heterocycles. The molecule has 1 N–H and O–H groups in total. The molecule has 0 saturated carbocycles. The van der Waals surface area contributed by atoms with Gasteiger partial charge in [-0.3, -0.25) is 4.79 Å². The molecule has 0 radical (unpaired) electrons. The lowest BCUT2D eigenvalue weighted by molar-refractivity contribution is -0.115. The number of carbonyl (C=O) groups is 1. The zero-order valence-corrected chi connectivity index (χ0v) is 17.1. The molecule has 6 heteroatoms. The van der Waals surface area contributed by atoms with Gasteiger partial charge in [-0.1, -0.05) is 67.5 Å². The van der Waals surface area contributed by atoms with Crippen LogP contribution in [0.2, 0.25) is 0 Å². The smallest absolute Gasteiger partial charge is 0.269 e. The molecule has 2 aromatic carbocycles. The third-order valence-electron chi connectivity index (χ3n) is 5.07. The van der Waals surface area contributed by atoms with Crippen molar-refractivity contribution in [2.75, 3.05) is 26.2 Å². The quantitative estimate of drug-likeness (QED) is 0.668. The summed E-state index contributed by atoms with van der Waals surface area (Å²) in [4.78, 5) is 20.3. The molecule has 6 nitrogen and oxygen atoms in total. The number of carbonyl (C=O) groups excluding carboxylic acids is 1. The van der Waals surface area contributed by atoms with Gasteiger partial charge in [-0.15, -0.1) is 0 Å². The van der Waals surface area contributed by atoms with E-state index in [0.717, 1.165) is 36.5 Å². The van der Waals surface area contributed by atoms with E-state index in [1.54, 1.807) is 0 Å². The highest BCUT2D eigenvalue weighted by atomic mass is 16.6. The topological polar surface area (TPSA) is 63.2 Å². The van der Waals surface area contributed by atoms with Gasteiger partial charge in [0, 0.05) is 25.1 Å². The lowest BCUT2D eigenvalue weighted by atomic mass is 10.0. The first-order valence-electron chi connectivity index (χ1n) is 10.2. The molecular formula is C23H29N3O3. The molecule has 2 aromatic rings. The number of likely N-dealkylation sites (N-methyl/N-ethyl adjacent to an activating group) is 1. The molecule has 154 valence electrons. The minimum Gasteiger partial charge on any atom is -0.492 e. The summed E-state index contributed by atoms with van der Waals surface area (Å²) in [5, 5.41) is 6.92. The van der Waals surface area contributed by atoms with Crippen molar-refractivity contribution in [3.8, 4) is 5.75 Å². The number of ether oxygens (including phenoxy) is 1. The highest BCUT2D eigenvalue weighted by Crippen LogP contribution is 2.27. The van der Waals surface area contributed by atoms with E-state index in [9.17, 15) is 4.79 Å². The van der Waals surface area contributed by atoms with E-state index in [1.165, 1.54) is 0 Å². The number of oxime groups is 1. The summed E-state index contributed by atoms with van der Waals surface area (Å²) in [6, 6.07) is 17.6. The highest BCUT2D eigenvalue weighted by Gasteiger charge is 2.27. The second-order valence-corrected chi connectivity index (χ2v) is 6.91. The van der Waals surface area contributed by atoms with Gasteiger partial charge in [-0.05, 0) is 24.7 Å². The Morgan fingerprint density at radius 2 is 1.86 bits per heavy atom. The molecule has 1 heterocycles. The number of benzene rings is 2. The number of nitrogens with one attached hydrogen (secondary N) is 1. The molecule has 1 aliphatic heterocycles. The SMILES string of the molecule is CCN(CC)CCOc1ccccc1CNC(=O)C1=NOC(c2ccccc2)C1. The standard InChI is InChI=1S/C23H29N3O3/c1-3-26(4-2)14-15-28-21-13-9-8-12-19(21)17-24-23(27)20-16-22(29-25-20)18-10-6-5-7-11-18/h5-13,22H,3-4,14-17H2,1-2H3,(H,24,27). The molecular weight excluding hydrogens is 366 g/mol. The van der Waals surface area contributed by atoms with Crippen molar-refractivity contribution in [1.82, 2.24) is 10.2 Å². The molecule has 0 bridgehead atoms. The Bertz CT molecular complexity index is 819. The second-order valence-electron chi connectivity index (χ2n) is 6.91. The van der Waals surface area contributed by atoms with Gasteiger partial charge in [0.25, 0.3) is 5.91 Å². The van der Waals surface area contributed by atoms with Gasteiger partial charge in [0.05, 0.1) is 0 Å². The molecule has 0 fully saturated rings. The number of hydrogen-bond acceptors (Lipinski definition) is 5. The monoisotopic (exact) mass is 395 g/mol. The minimum atomic E-state index is -0.207. The Kier molecular flexibility index (Phi) is 7.64. The summed E-state index contributed by atoms with van der Waals surface area (Å²) in [5.74, 6) is 0.591. The molecule has 3 rings (SSSR count). The Morgan fingerprint density at radius 3 is 2.62 bits per heavy atom. The van der Waals surface area contributed by atoms with Gasteiger partial charge >= 0.3 is 0 Å². The van der Waals surface area contributed by atoms with Crippen molar-refractivity contribution >= 4 is 11.6 Å². The van der Waals surface area contributed by atoms with E-state index >= 15 is 0 Å². The summed E-state index contributed by atoms with van der Waals surface area (Å²) in [7, 11) is 0. The largest absolute Gasteiger partial charge is 0.492 e. The van der Waals surface area contributed by atoms with Crippen LogP contribution in [0.1, 0.15) is 37.5 Å². The van der Waals surface area contributed by atoms with Crippen molar-refractivity contribution < 1.29 is 14.4 Å². The lowest BCUT2D eigenvalue weighted by Crippen LogP contribution is -2.30. The number of nitrogens with zero attached hydrogens (tertiary/aromatic N) is 2. The Labute approximate surface area is 172 Å². The Morgan fingerprint density at radius 1 is 1.14 bits per heavy atom. The van der Waals surface area contributed by atoms with Crippen LogP contribution in [0.3, 0.4) is 0 Å². The van der Waals surface area contributed by atoms with Gasteiger partial charge in [0.1, 0.15) is 18.1 Å². The number of rotatable bonds is 10. The molecule has 0 aliphatic carbocycles. The third kappa shape index (κ3) is 5.81. The predicted molar refractivity (Wildman–Crippen MR) is 114 cm³/mol. The van der Waals surface area contributed by atoms with Crippen molar-refractivity contribution in [1.29, 1.82) is 0 Å². The normalized spacial score (nSPS) is 15.7. The van der Waals surface area contributed by atoms with E-state index in [4.69, 9.17) is 9.57 Å². The van der Waals surface area contributed by atoms with Crippen LogP contribution in [0.25, 0.3) is 0 Å². The molecule has 1 atom stereocenters. The molecule has 29 heavy (non-hydrogen) atoms. The van der Waals surface area contributed by atoms with Gasteiger partial charge < -0.3 is 19.8 Å². The van der Waals surface area contributed by atoms with Crippen molar-refractivity contribution in [3.05, 3.63) is 65.7 Å². The molecule has 1 unspecified atom stereocenters. The first kappa shape index (κ1) is 20.9. The average Bonchev–Trinajstić information content (AvgIpc) is 3.27. The van der Waals surface area contributed by atoms with Crippen molar-refractivity contribution in [2.24, 2.45) is 5.16 Å². The molecule has 0 aromatic heterocycles. The second kappa shape index (κ2) is 10.6. The van der Waals surface area contributed by atoms with E-state index in [-0.39, 0.29) is 12.0 Å². The van der Waals surface area contributed by atoms with E-state index in [1.807, 2.05) is 54.6 Å². The van der Waals surface area contributed by atoms with Crippen LogP contribution in [0.15, 0.2) is 59.8 Å². The molecule has 1 aliphatic rings. The number of amides is 1. The van der Waals surface area contributed by atoms with Crippen molar-refractivity contribution in [2.45, 2.75) is 32.9 Å². The molecule has 0 spiro atoms. The summed E-state index contributed by atoms with van der Waals surface area (Å²) in [6.07, 6.45) is 0.269. The van der Waals surface area contributed by atoms with Crippen molar-refractivity contribution in [3.63, 3.8) is 0 Å². The maximum Gasteiger partial charge on any atom is 0.269 e. The van der Waals surface area contributed by atoms with Crippen LogP contribution in [-0.4, -0.2) is 42.8 Å². The van der Waals surface area contributed by atoms with E-state index in [2.05, 4.69) is 29.2 Å². The zero-order valence-electron chi connectivity index (χ0n) is 17.1. The summed E-state index contributed by atoms with van der Waals surface area (Å²) in [6.45, 7) is 8.18. The van der Waals surface area contributed by atoms with E-state index < -0.39 is 0 Å². The van der Waals surface area contributed by atoms with Crippen LogP contribution in [0.5, 0.6) is 5.75 Å².